The number of hydrogen-bond acceptors (Lipinski definition) is 2. The molecule has 3 rings (SSSR count). The van der Waals surface area contributed by atoms with Crippen molar-refractivity contribution in [2.24, 2.45) is 0 Å². The van der Waals surface area contributed by atoms with Crippen LogP contribution in [0.4, 0.5) is 8.78 Å². The highest BCUT2D eigenvalue weighted by Crippen LogP contribution is 2.23. The van der Waals surface area contributed by atoms with E-state index in [-0.39, 0.29) is 5.91 Å². The number of aromatic nitrogens is 2. The molecule has 1 amide bonds. The zero-order chi connectivity index (χ0) is 17.8. The molecule has 0 spiro atoms. The van der Waals surface area contributed by atoms with Crippen molar-refractivity contribution in [1.29, 1.82) is 0 Å². The number of carbonyl (C=O) groups is 1. The summed E-state index contributed by atoms with van der Waals surface area (Å²) in [6.45, 7) is 2.58. The molecule has 3 aromatic rings. The molecule has 0 saturated carbocycles. The molecule has 128 valence electrons. The van der Waals surface area contributed by atoms with Gasteiger partial charge in [-0.05, 0) is 41.8 Å². The summed E-state index contributed by atoms with van der Waals surface area (Å²) in [4.78, 5) is 16.2. The van der Waals surface area contributed by atoms with Crippen molar-refractivity contribution in [1.82, 2.24) is 14.9 Å². The van der Waals surface area contributed by atoms with Crippen LogP contribution < -0.4 is 5.32 Å². The highest BCUT2D eigenvalue weighted by Gasteiger charge is 2.12. The van der Waals surface area contributed by atoms with E-state index in [4.69, 9.17) is 0 Å². The Labute approximate surface area is 144 Å². The fourth-order valence-corrected chi connectivity index (χ4v) is 2.49. The third-order valence-electron chi connectivity index (χ3n) is 3.81. The van der Waals surface area contributed by atoms with Crippen LogP contribution in [0.15, 0.2) is 55.0 Å². The molecule has 0 radical (unpaired) electrons. The first-order valence-corrected chi connectivity index (χ1v) is 7.96. The average Bonchev–Trinajstić information content (AvgIpc) is 3.12. The van der Waals surface area contributed by atoms with Gasteiger partial charge in [0, 0.05) is 12.2 Å². The standard InChI is InChI=1S/C19H17F2N3O/c1-2-9-23-19(25)18-11-22-12-24(18)15-6-3-13(4-7-15)14-5-8-16(20)17(21)10-14/h3-8,10-12H,2,9H2,1H3,(H,23,25). The molecule has 0 atom stereocenters. The van der Waals surface area contributed by atoms with Crippen LogP contribution in [0.5, 0.6) is 0 Å². The van der Waals surface area contributed by atoms with E-state index in [1.165, 1.54) is 12.3 Å². The molecule has 0 fully saturated rings. The van der Waals surface area contributed by atoms with Gasteiger partial charge >= 0.3 is 0 Å². The first-order valence-electron chi connectivity index (χ1n) is 7.96. The molecule has 1 heterocycles. The topological polar surface area (TPSA) is 46.9 Å². The van der Waals surface area contributed by atoms with Crippen molar-refractivity contribution in [3.63, 3.8) is 0 Å². The SMILES string of the molecule is CCCNC(=O)c1cncn1-c1ccc(-c2ccc(F)c(F)c2)cc1. The van der Waals surface area contributed by atoms with Crippen LogP contribution in [0.1, 0.15) is 23.8 Å². The summed E-state index contributed by atoms with van der Waals surface area (Å²) in [6.07, 6.45) is 3.92. The number of halogens is 2. The van der Waals surface area contributed by atoms with Gasteiger partial charge in [-0.25, -0.2) is 13.8 Å². The molecule has 0 saturated heterocycles. The van der Waals surface area contributed by atoms with Crippen molar-refractivity contribution >= 4 is 5.91 Å². The van der Waals surface area contributed by atoms with Crippen LogP contribution in [-0.4, -0.2) is 22.0 Å². The molecular formula is C19H17F2N3O. The summed E-state index contributed by atoms with van der Waals surface area (Å²) < 4.78 is 28.1. The number of nitrogens with one attached hydrogen (secondary N) is 1. The molecule has 0 aliphatic heterocycles. The predicted molar refractivity (Wildman–Crippen MR) is 91.5 cm³/mol. The summed E-state index contributed by atoms with van der Waals surface area (Å²) in [5, 5.41) is 2.82. The number of nitrogens with zero attached hydrogens (tertiary/aromatic N) is 2. The van der Waals surface area contributed by atoms with Crippen LogP contribution in [0.3, 0.4) is 0 Å². The number of benzene rings is 2. The Morgan fingerprint density at radius 3 is 2.48 bits per heavy atom. The largest absolute Gasteiger partial charge is 0.351 e. The quantitative estimate of drug-likeness (QED) is 0.764. The van der Waals surface area contributed by atoms with E-state index in [0.29, 0.717) is 17.8 Å². The summed E-state index contributed by atoms with van der Waals surface area (Å²) in [6, 6.07) is 11.0. The number of amides is 1. The Hall–Kier alpha value is -3.02. The van der Waals surface area contributed by atoms with Gasteiger partial charge in [-0.2, -0.15) is 0 Å². The Morgan fingerprint density at radius 1 is 1.08 bits per heavy atom. The van der Waals surface area contributed by atoms with E-state index in [9.17, 15) is 13.6 Å². The number of carbonyl (C=O) groups excluding carboxylic acids is 1. The van der Waals surface area contributed by atoms with Crippen molar-refractivity contribution in [3.8, 4) is 16.8 Å². The fraction of sp³-hybridized carbons (Fsp3) is 0.158. The second-order valence-electron chi connectivity index (χ2n) is 5.58. The molecule has 2 aromatic carbocycles. The minimum absolute atomic E-state index is 0.191. The van der Waals surface area contributed by atoms with Gasteiger partial charge in [0.2, 0.25) is 0 Å². The van der Waals surface area contributed by atoms with Crippen LogP contribution in [0.25, 0.3) is 16.8 Å². The lowest BCUT2D eigenvalue weighted by Gasteiger charge is -2.09. The van der Waals surface area contributed by atoms with Crippen LogP contribution in [-0.2, 0) is 0 Å². The highest BCUT2D eigenvalue weighted by atomic mass is 19.2. The van der Waals surface area contributed by atoms with Crippen molar-refractivity contribution in [2.45, 2.75) is 13.3 Å². The highest BCUT2D eigenvalue weighted by molar-refractivity contribution is 5.93. The Bertz CT molecular complexity index is 888. The predicted octanol–water partition coefficient (Wildman–Crippen LogP) is 3.96. The summed E-state index contributed by atoms with van der Waals surface area (Å²) >= 11 is 0. The molecular weight excluding hydrogens is 324 g/mol. The van der Waals surface area contributed by atoms with Gasteiger partial charge < -0.3 is 5.32 Å². The van der Waals surface area contributed by atoms with Gasteiger partial charge in [0.1, 0.15) is 5.69 Å². The number of rotatable bonds is 5. The molecule has 0 aliphatic rings. The van der Waals surface area contributed by atoms with Gasteiger partial charge in [-0.1, -0.05) is 25.1 Å². The van der Waals surface area contributed by atoms with Gasteiger partial charge in [0.25, 0.3) is 5.91 Å². The fourth-order valence-electron chi connectivity index (χ4n) is 2.49. The summed E-state index contributed by atoms with van der Waals surface area (Å²) in [5.74, 6) is -1.95. The summed E-state index contributed by atoms with van der Waals surface area (Å²) in [5.41, 5.74) is 2.52. The second-order valence-corrected chi connectivity index (χ2v) is 5.58. The molecule has 1 N–H and O–H groups in total. The zero-order valence-corrected chi connectivity index (χ0v) is 13.7. The van der Waals surface area contributed by atoms with Gasteiger partial charge in [0.05, 0.1) is 12.5 Å². The smallest absolute Gasteiger partial charge is 0.269 e. The average molecular weight is 341 g/mol. The molecule has 0 unspecified atom stereocenters. The van der Waals surface area contributed by atoms with Gasteiger partial charge in [-0.3, -0.25) is 9.36 Å². The Kier molecular flexibility index (Phi) is 4.88. The molecule has 25 heavy (non-hydrogen) atoms. The first-order chi connectivity index (χ1) is 12.1. The normalized spacial score (nSPS) is 10.7. The number of hydrogen-bond donors (Lipinski definition) is 1. The van der Waals surface area contributed by atoms with E-state index in [0.717, 1.165) is 29.8 Å². The van der Waals surface area contributed by atoms with E-state index in [1.807, 2.05) is 6.92 Å². The minimum Gasteiger partial charge on any atom is -0.351 e. The molecule has 0 bridgehead atoms. The lowest BCUT2D eigenvalue weighted by Crippen LogP contribution is -2.26. The maximum atomic E-state index is 13.4. The lowest BCUT2D eigenvalue weighted by molar-refractivity contribution is 0.0947. The minimum atomic E-state index is -0.883. The van der Waals surface area contributed by atoms with E-state index < -0.39 is 11.6 Å². The van der Waals surface area contributed by atoms with Crippen LogP contribution in [0.2, 0.25) is 0 Å². The Morgan fingerprint density at radius 2 is 1.80 bits per heavy atom. The van der Waals surface area contributed by atoms with E-state index >= 15 is 0 Å². The molecule has 0 aliphatic carbocycles. The maximum Gasteiger partial charge on any atom is 0.269 e. The van der Waals surface area contributed by atoms with E-state index in [2.05, 4.69) is 10.3 Å². The molecule has 6 heteroatoms. The van der Waals surface area contributed by atoms with Gasteiger partial charge in [-0.15, -0.1) is 0 Å². The monoisotopic (exact) mass is 341 g/mol. The van der Waals surface area contributed by atoms with E-state index in [1.54, 1.807) is 35.2 Å². The number of imidazole rings is 1. The molecule has 4 nitrogen and oxygen atoms in total. The zero-order valence-electron chi connectivity index (χ0n) is 13.7. The van der Waals surface area contributed by atoms with Crippen molar-refractivity contribution in [2.75, 3.05) is 6.54 Å². The van der Waals surface area contributed by atoms with Crippen LogP contribution >= 0.6 is 0 Å². The third-order valence-corrected chi connectivity index (χ3v) is 3.81. The van der Waals surface area contributed by atoms with Crippen LogP contribution in [0, 0.1) is 11.6 Å². The lowest BCUT2D eigenvalue weighted by atomic mass is 10.1. The Balaban J connectivity index is 1.87. The first kappa shape index (κ1) is 16.8. The second kappa shape index (κ2) is 7.25. The maximum absolute atomic E-state index is 13.4. The molecule has 1 aromatic heterocycles. The van der Waals surface area contributed by atoms with Crippen molar-refractivity contribution in [3.05, 3.63) is 72.3 Å². The summed E-state index contributed by atoms with van der Waals surface area (Å²) in [7, 11) is 0. The van der Waals surface area contributed by atoms with Crippen molar-refractivity contribution < 1.29 is 13.6 Å². The third kappa shape index (κ3) is 3.57. The van der Waals surface area contributed by atoms with Gasteiger partial charge in [0.15, 0.2) is 11.6 Å².